The van der Waals surface area contributed by atoms with E-state index >= 15 is 0 Å². The summed E-state index contributed by atoms with van der Waals surface area (Å²) in [6.45, 7) is 0. The highest BCUT2D eigenvalue weighted by molar-refractivity contribution is 5.82. The van der Waals surface area contributed by atoms with Crippen LogP contribution in [0.2, 0.25) is 0 Å². The summed E-state index contributed by atoms with van der Waals surface area (Å²) in [4.78, 5) is 12.0. The number of fused-ring (bicyclic) bond motifs is 1. The van der Waals surface area contributed by atoms with Crippen LogP contribution in [-0.2, 0) is 11.2 Å². The van der Waals surface area contributed by atoms with Crippen LogP contribution in [0.3, 0.4) is 0 Å². The molecule has 1 aromatic heterocycles. The van der Waals surface area contributed by atoms with Crippen molar-refractivity contribution < 1.29 is 10.0 Å². The molecule has 0 spiro atoms. The molecule has 5 heteroatoms. The van der Waals surface area contributed by atoms with Gasteiger partial charge in [0.05, 0.1) is 5.52 Å². The highest BCUT2D eigenvalue weighted by Crippen LogP contribution is 2.18. The fourth-order valence-electron chi connectivity index (χ4n) is 2.36. The molecule has 21 heavy (non-hydrogen) atoms. The van der Waals surface area contributed by atoms with Crippen LogP contribution in [0.1, 0.15) is 11.6 Å². The third kappa shape index (κ3) is 2.78. The van der Waals surface area contributed by atoms with Gasteiger partial charge in [-0.25, -0.2) is 5.48 Å². The van der Waals surface area contributed by atoms with Gasteiger partial charge in [-0.2, -0.15) is 5.10 Å². The van der Waals surface area contributed by atoms with Gasteiger partial charge < -0.3 is 0 Å². The number of hydrogen-bond donors (Lipinski definition) is 2. The van der Waals surface area contributed by atoms with Crippen molar-refractivity contribution in [2.45, 2.75) is 12.5 Å². The Morgan fingerprint density at radius 3 is 2.57 bits per heavy atom. The molecule has 5 nitrogen and oxygen atoms in total. The minimum absolute atomic E-state index is 0.460. The second kappa shape index (κ2) is 5.76. The van der Waals surface area contributed by atoms with Gasteiger partial charge >= 0.3 is 0 Å². The maximum absolute atomic E-state index is 12.0. The average Bonchev–Trinajstić information content (AvgIpc) is 2.96. The maximum atomic E-state index is 12.0. The normalized spacial score (nSPS) is 12.2. The number of benzene rings is 2. The number of hydrogen-bond acceptors (Lipinski definition) is 3. The van der Waals surface area contributed by atoms with E-state index in [0.717, 1.165) is 16.5 Å². The molecule has 2 aromatic carbocycles. The van der Waals surface area contributed by atoms with Crippen LogP contribution < -0.4 is 5.48 Å². The average molecular weight is 281 g/mol. The highest BCUT2D eigenvalue weighted by Gasteiger charge is 2.21. The van der Waals surface area contributed by atoms with Gasteiger partial charge in [-0.15, -0.1) is 0 Å². The van der Waals surface area contributed by atoms with Crippen molar-refractivity contribution in [3.05, 3.63) is 66.4 Å². The molecular formula is C16H15N3O2. The van der Waals surface area contributed by atoms with E-state index in [1.54, 1.807) is 10.2 Å². The van der Waals surface area contributed by atoms with Gasteiger partial charge in [0.25, 0.3) is 5.91 Å². The zero-order valence-electron chi connectivity index (χ0n) is 11.3. The SMILES string of the molecule is O=C(NO)C(Cc1ccccc1)n1cc2ccccc2n1. The third-order valence-electron chi connectivity index (χ3n) is 3.44. The van der Waals surface area contributed by atoms with Crippen molar-refractivity contribution >= 4 is 16.8 Å². The number of carbonyl (C=O) groups excluding carboxylic acids is 1. The molecule has 0 radical (unpaired) electrons. The zero-order valence-corrected chi connectivity index (χ0v) is 11.3. The van der Waals surface area contributed by atoms with Crippen molar-refractivity contribution in [3.8, 4) is 0 Å². The summed E-state index contributed by atoms with van der Waals surface area (Å²) >= 11 is 0. The molecule has 3 aromatic rings. The van der Waals surface area contributed by atoms with Gasteiger partial charge in [0.1, 0.15) is 6.04 Å². The molecule has 3 rings (SSSR count). The molecule has 0 aliphatic heterocycles. The molecular weight excluding hydrogens is 266 g/mol. The molecule has 1 atom stereocenters. The molecule has 1 amide bonds. The summed E-state index contributed by atoms with van der Waals surface area (Å²) in [5, 5.41) is 14.4. The number of rotatable bonds is 4. The molecule has 2 N–H and O–H groups in total. The highest BCUT2D eigenvalue weighted by atomic mass is 16.5. The van der Waals surface area contributed by atoms with Gasteiger partial charge in [0.15, 0.2) is 0 Å². The Morgan fingerprint density at radius 2 is 1.86 bits per heavy atom. The summed E-state index contributed by atoms with van der Waals surface area (Å²) in [6, 6.07) is 16.7. The lowest BCUT2D eigenvalue weighted by atomic mass is 10.1. The first-order valence-corrected chi connectivity index (χ1v) is 6.69. The Balaban J connectivity index is 1.97. The molecule has 106 valence electrons. The number of aromatic nitrogens is 2. The first-order valence-electron chi connectivity index (χ1n) is 6.69. The van der Waals surface area contributed by atoms with Gasteiger partial charge in [-0.1, -0.05) is 48.5 Å². The van der Waals surface area contributed by atoms with Crippen molar-refractivity contribution in [1.82, 2.24) is 15.3 Å². The van der Waals surface area contributed by atoms with E-state index in [0.29, 0.717) is 6.42 Å². The molecule has 1 heterocycles. The maximum Gasteiger partial charge on any atom is 0.268 e. The van der Waals surface area contributed by atoms with E-state index in [4.69, 9.17) is 5.21 Å². The predicted octanol–water partition coefficient (Wildman–Crippen LogP) is 2.33. The second-order valence-electron chi connectivity index (χ2n) is 4.85. The lowest BCUT2D eigenvalue weighted by molar-refractivity contribution is -0.132. The first kappa shape index (κ1) is 13.3. The number of amides is 1. The minimum Gasteiger partial charge on any atom is -0.289 e. The lowest BCUT2D eigenvalue weighted by Crippen LogP contribution is -2.32. The van der Waals surface area contributed by atoms with E-state index in [2.05, 4.69) is 5.10 Å². The topological polar surface area (TPSA) is 67.2 Å². The largest absolute Gasteiger partial charge is 0.289 e. The summed E-state index contributed by atoms with van der Waals surface area (Å²) in [7, 11) is 0. The molecule has 0 fully saturated rings. The molecule has 0 aliphatic carbocycles. The monoisotopic (exact) mass is 281 g/mol. The van der Waals surface area contributed by atoms with Crippen LogP contribution in [0.15, 0.2) is 60.8 Å². The Bertz CT molecular complexity index is 719. The molecule has 0 bridgehead atoms. The van der Waals surface area contributed by atoms with Crippen molar-refractivity contribution in [2.24, 2.45) is 0 Å². The molecule has 1 unspecified atom stereocenters. The molecule has 0 aliphatic rings. The van der Waals surface area contributed by atoms with E-state index in [1.165, 1.54) is 0 Å². The third-order valence-corrected chi connectivity index (χ3v) is 3.44. The Hall–Kier alpha value is -2.66. The number of hydroxylamine groups is 1. The van der Waals surface area contributed by atoms with Crippen molar-refractivity contribution in [2.75, 3.05) is 0 Å². The van der Waals surface area contributed by atoms with Crippen LogP contribution in [-0.4, -0.2) is 20.9 Å². The van der Waals surface area contributed by atoms with Gasteiger partial charge in [0, 0.05) is 18.0 Å². The molecule has 0 saturated carbocycles. The van der Waals surface area contributed by atoms with Crippen molar-refractivity contribution in [3.63, 3.8) is 0 Å². The smallest absolute Gasteiger partial charge is 0.268 e. The minimum atomic E-state index is -0.593. The Labute approximate surface area is 121 Å². The standard InChI is InChI=1S/C16H15N3O2/c20-16(18-21)15(10-12-6-2-1-3-7-12)19-11-13-8-4-5-9-14(13)17-19/h1-9,11,15,21H,10H2,(H,18,20). The van der Waals surface area contributed by atoms with Gasteiger partial charge in [-0.3, -0.25) is 14.7 Å². The summed E-state index contributed by atoms with van der Waals surface area (Å²) in [5.74, 6) is -0.480. The summed E-state index contributed by atoms with van der Waals surface area (Å²) in [5.41, 5.74) is 3.55. The van der Waals surface area contributed by atoms with Gasteiger partial charge in [0.2, 0.25) is 0 Å². The Morgan fingerprint density at radius 1 is 1.14 bits per heavy atom. The molecule has 0 saturated heterocycles. The van der Waals surface area contributed by atoms with Gasteiger partial charge in [-0.05, 0) is 11.6 Å². The predicted molar refractivity (Wildman–Crippen MR) is 78.8 cm³/mol. The number of nitrogens with one attached hydrogen (secondary N) is 1. The van der Waals surface area contributed by atoms with Crippen LogP contribution in [0.4, 0.5) is 0 Å². The fourth-order valence-corrected chi connectivity index (χ4v) is 2.36. The van der Waals surface area contributed by atoms with Crippen molar-refractivity contribution in [1.29, 1.82) is 0 Å². The van der Waals surface area contributed by atoms with Crippen LogP contribution in [0.25, 0.3) is 10.9 Å². The lowest BCUT2D eigenvalue weighted by Gasteiger charge is -2.15. The zero-order chi connectivity index (χ0) is 14.7. The first-order chi connectivity index (χ1) is 10.3. The van der Waals surface area contributed by atoms with Crippen LogP contribution >= 0.6 is 0 Å². The van der Waals surface area contributed by atoms with E-state index < -0.39 is 11.9 Å². The van der Waals surface area contributed by atoms with E-state index in [-0.39, 0.29) is 0 Å². The fraction of sp³-hybridized carbons (Fsp3) is 0.125. The number of carbonyl (C=O) groups is 1. The number of nitrogens with zero attached hydrogens (tertiary/aromatic N) is 2. The van der Waals surface area contributed by atoms with Crippen LogP contribution in [0.5, 0.6) is 0 Å². The summed E-state index contributed by atoms with van der Waals surface area (Å²) < 4.78 is 1.60. The second-order valence-corrected chi connectivity index (χ2v) is 4.85. The van der Waals surface area contributed by atoms with E-state index in [9.17, 15) is 4.79 Å². The quantitative estimate of drug-likeness (QED) is 0.569. The Kier molecular flexibility index (Phi) is 3.66. The van der Waals surface area contributed by atoms with Crippen LogP contribution in [0, 0.1) is 0 Å². The summed E-state index contributed by atoms with van der Waals surface area (Å²) in [6.07, 6.45) is 2.28. The van der Waals surface area contributed by atoms with E-state index in [1.807, 2.05) is 60.8 Å².